The number of nitrogens with one attached hydrogen (secondary N) is 1. The van der Waals surface area contributed by atoms with Crippen molar-refractivity contribution in [1.82, 2.24) is 19.6 Å². The summed E-state index contributed by atoms with van der Waals surface area (Å²) in [5.74, 6) is 0.146. The lowest BCUT2D eigenvalue weighted by atomic mass is 9.94. The van der Waals surface area contributed by atoms with E-state index in [0.717, 1.165) is 59.7 Å². The molecule has 2 fully saturated rings. The molecule has 2 aliphatic rings. The Hall–Kier alpha value is -2.22. The van der Waals surface area contributed by atoms with Gasteiger partial charge in [-0.3, -0.25) is 4.79 Å². The molecule has 0 radical (unpaired) electrons. The number of hydrogen-bond acceptors (Lipinski definition) is 4. The van der Waals surface area contributed by atoms with E-state index in [4.69, 9.17) is 9.72 Å². The van der Waals surface area contributed by atoms with Crippen molar-refractivity contribution in [2.75, 3.05) is 32.8 Å². The van der Waals surface area contributed by atoms with Crippen LogP contribution in [0.2, 0.25) is 0 Å². The van der Waals surface area contributed by atoms with Crippen molar-refractivity contribution in [2.24, 2.45) is 5.92 Å². The van der Waals surface area contributed by atoms with Crippen molar-refractivity contribution >= 4 is 27.5 Å². The van der Waals surface area contributed by atoms with Gasteiger partial charge in [0, 0.05) is 55.4 Å². The topological polar surface area (TPSA) is 58.9 Å². The average Bonchev–Trinajstić information content (AvgIpc) is 3.40. The van der Waals surface area contributed by atoms with Gasteiger partial charge in [0.25, 0.3) is 0 Å². The molecule has 1 aromatic carbocycles. The lowest BCUT2D eigenvalue weighted by molar-refractivity contribution is -0.137. The van der Waals surface area contributed by atoms with Gasteiger partial charge in [0.15, 0.2) is 0 Å². The number of nitrogens with zero attached hydrogens (tertiary/aromatic N) is 3. The summed E-state index contributed by atoms with van der Waals surface area (Å²) in [7, 11) is 0. The lowest BCUT2D eigenvalue weighted by Gasteiger charge is -2.31. The van der Waals surface area contributed by atoms with E-state index in [0.29, 0.717) is 13.0 Å². The van der Waals surface area contributed by atoms with Crippen LogP contribution in [0.25, 0.3) is 16.9 Å². The van der Waals surface area contributed by atoms with E-state index in [1.165, 1.54) is 0 Å². The fourth-order valence-corrected chi connectivity index (χ4v) is 4.79. The number of pyridine rings is 1. The number of benzene rings is 1. The summed E-state index contributed by atoms with van der Waals surface area (Å²) in [4.78, 5) is 20.1. The first-order valence-electron chi connectivity index (χ1n) is 10.5. The number of rotatable bonds is 4. The number of imidazole rings is 1. The Bertz CT molecular complexity index is 1040. The third-order valence-corrected chi connectivity index (χ3v) is 6.63. The highest BCUT2D eigenvalue weighted by molar-refractivity contribution is 9.10. The van der Waals surface area contributed by atoms with Crippen LogP contribution in [-0.4, -0.2) is 59.1 Å². The Balaban J connectivity index is 1.47. The van der Waals surface area contributed by atoms with Crippen molar-refractivity contribution in [1.29, 1.82) is 0 Å². The molecule has 2 saturated heterocycles. The maximum absolute atomic E-state index is 13.2. The lowest BCUT2D eigenvalue weighted by Crippen LogP contribution is -2.49. The minimum Gasteiger partial charge on any atom is -0.377 e. The molecule has 1 N–H and O–H groups in total. The monoisotopic (exact) mass is 468 g/mol. The first kappa shape index (κ1) is 19.7. The second-order valence-corrected chi connectivity index (χ2v) is 8.84. The molecule has 6 nitrogen and oxygen atoms in total. The third kappa shape index (κ3) is 3.77. The molecule has 2 unspecified atom stereocenters. The van der Waals surface area contributed by atoms with Crippen LogP contribution in [0.3, 0.4) is 0 Å². The largest absolute Gasteiger partial charge is 0.377 e. The quantitative estimate of drug-likeness (QED) is 0.638. The fraction of sp³-hybridized carbons (Fsp3) is 0.391. The summed E-state index contributed by atoms with van der Waals surface area (Å²) in [5, 5.41) is 3.32. The van der Waals surface area contributed by atoms with E-state index in [1.54, 1.807) is 0 Å². The Morgan fingerprint density at radius 3 is 2.77 bits per heavy atom. The standard InChI is InChI=1S/C23H25BrN4O2/c24-17-6-4-16(5-7-17)22-19(28-11-2-1-3-21(28)26-22)15-20-18(8-14-30-20)23(29)27-12-9-25-10-13-27/h1-7,11,18,20,25H,8-10,12-15H2. The summed E-state index contributed by atoms with van der Waals surface area (Å²) >= 11 is 3.51. The van der Waals surface area contributed by atoms with Gasteiger partial charge in [-0.1, -0.05) is 34.1 Å². The highest BCUT2D eigenvalue weighted by atomic mass is 79.9. The van der Waals surface area contributed by atoms with E-state index in [1.807, 2.05) is 41.4 Å². The molecular formula is C23H25BrN4O2. The SMILES string of the molecule is O=C(C1CCOC1Cc1c(-c2ccc(Br)cc2)nc2ccccn12)N1CCNCC1. The Morgan fingerprint density at radius 1 is 1.17 bits per heavy atom. The Labute approximate surface area is 184 Å². The summed E-state index contributed by atoms with van der Waals surface area (Å²) in [6.07, 6.45) is 3.38. The van der Waals surface area contributed by atoms with Crippen LogP contribution in [0.4, 0.5) is 0 Å². The van der Waals surface area contributed by atoms with Crippen LogP contribution in [0, 0.1) is 5.92 Å². The molecule has 0 bridgehead atoms. The van der Waals surface area contributed by atoms with Gasteiger partial charge in [0.1, 0.15) is 5.65 Å². The molecule has 0 aliphatic carbocycles. The number of hydrogen-bond donors (Lipinski definition) is 1. The highest BCUT2D eigenvalue weighted by Gasteiger charge is 2.38. The van der Waals surface area contributed by atoms with Gasteiger partial charge >= 0.3 is 0 Å². The van der Waals surface area contributed by atoms with Crippen LogP contribution < -0.4 is 5.32 Å². The van der Waals surface area contributed by atoms with Crippen molar-refractivity contribution in [3.8, 4) is 11.3 Å². The molecule has 2 atom stereocenters. The van der Waals surface area contributed by atoms with Gasteiger partial charge in [-0.15, -0.1) is 0 Å². The molecule has 2 aliphatic heterocycles. The average molecular weight is 469 g/mol. The van der Waals surface area contributed by atoms with Gasteiger partial charge in [0.05, 0.1) is 23.4 Å². The molecule has 0 spiro atoms. The van der Waals surface area contributed by atoms with Gasteiger partial charge in [-0.25, -0.2) is 4.98 Å². The number of ether oxygens (including phenoxy) is 1. The molecule has 156 valence electrons. The second kappa shape index (κ2) is 8.49. The molecule has 7 heteroatoms. The Morgan fingerprint density at radius 2 is 1.97 bits per heavy atom. The molecule has 5 rings (SSSR count). The molecule has 3 aromatic rings. The van der Waals surface area contributed by atoms with E-state index < -0.39 is 0 Å². The number of piperazine rings is 1. The van der Waals surface area contributed by atoms with E-state index in [9.17, 15) is 4.79 Å². The van der Waals surface area contributed by atoms with E-state index in [-0.39, 0.29) is 17.9 Å². The van der Waals surface area contributed by atoms with E-state index >= 15 is 0 Å². The summed E-state index contributed by atoms with van der Waals surface area (Å²) in [6.45, 7) is 3.93. The van der Waals surface area contributed by atoms with Gasteiger partial charge < -0.3 is 19.4 Å². The molecule has 4 heterocycles. The Kier molecular flexibility index (Phi) is 5.58. The fourth-order valence-electron chi connectivity index (χ4n) is 4.52. The molecule has 30 heavy (non-hydrogen) atoms. The number of aromatic nitrogens is 2. The van der Waals surface area contributed by atoms with Crippen molar-refractivity contribution < 1.29 is 9.53 Å². The van der Waals surface area contributed by atoms with Gasteiger partial charge in [-0.05, 0) is 30.7 Å². The summed E-state index contributed by atoms with van der Waals surface area (Å²) in [6, 6.07) is 14.3. The number of halogens is 1. The maximum atomic E-state index is 13.2. The zero-order valence-electron chi connectivity index (χ0n) is 16.8. The summed E-state index contributed by atoms with van der Waals surface area (Å²) < 4.78 is 9.27. The van der Waals surface area contributed by atoms with E-state index in [2.05, 4.69) is 37.8 Å². The normalized spacial score (nSPS) is 22.0. The number of fused-ring (bicyclic) bond motifs is 1. The third-order valence-electron chi connectivity index (χ3n) is 6.10. The highest BCUT2D eigenvalue weighted by Crippen LogP contribution is 2.32. The van der Waals surface area contributed by atoms with Crippen molar-refractivity contribution in [2.45, 2.75) is 18.9 Å². The van der Waals surface area contributed by atoms with Crippen LogP contribution in [0.5, 0.6) is 0 Å². The smallest absolute Gasteiger partial charge is 0.228 e. The number of carbonyl (C=O) groups excluding carboxylic acids is 1. The van der Waals surface area contributed by atoms with Crippen LogP contribution in [-0.2, 0) is 16.0 Å². The maximum Gasteiger partial charge on any atom is 0.228 e. The van der Waals surface area contributed by atoms with Gasteiger partial charge in [0.2, 0.25) is 5.91 Å². The van der Waals surface area contributed by atoms with Crippen molar-refractivity contribution in [3.63, 3.8) is 0 Å². The molecule has 1 amide bonds. The zero-order chi connectivity index (χ0) is 20.5. The number of amides is 1. The predicted octanol–water partition coefficient (Wildman–Crippen LogP) is 3.14. The van der Waals surface area contributed by atoms with Crippen LogP contribution in [0.15, 0.2) is 53.1 Å². The first-order valence-corrected chi connectivity index (χ1v) is 11.3. The second-order valence-electron chi connectivity index (χ2n) is 7.93. The minimum atomic E-state index is -0.123. The van der Waals surface area contributed by atoms with Crippen LogP contribution in [0.1, 0.15) is 12.1 Å². The summed E-state index contributed by atoms with van der Waals surface area (Å²) in [5.41, 5.74) is 4.03. The number of carbonyl (C=O) groups is 1. The molecular weight excluding hydrogens is 444 g/mol. The van der Waals surface area contributed by atoms with Crippen molar-refractivity contribution in [3.05, 3.63) is 58.8 Å². The van der Waals surface area contributed by atoms with Crippen LogP contribution >= 0.6 is 15.9 Å². The first-order chi connectivity index (χ1) is 14.7. The molecule has 2 aromatic heterocycles. The van der Waals surface area contributed by atoms with Gasteiger partial charge in [-0.2, -0.15) is 0 Å². The molecule has 0 saturated carbocycles. The minimum absolute atomic E-state index is 0.0878. The predicted molar refractivity (Wildman–Crippen MR) is 119 cm³/mol. The zero-order valence-corrected chi connectivity index (χ0v) is 18.3.